The van der Waals surface area contributed by atoms with Crippen molar-refractivity contribution in [1.82, 2.24) is 4.90 Å². The van der Waals surface area contributed by atoms with E-state index in [4.69, 9.17) is 0 Å². The first-order valence-electron chi connectivity index (χ1n) is 6.57. The summed E-state index contributed by atoms with van der Waals surface area (Å²) >= 11 is 1.80. The Balaban J connectivity index is 2.32. The monoisotopic (exact) mass is 257 g/mol. The summed E-state index contributed by atoms with van der Waals surface area (Å²) in [6.45, 7) is 6.18. The third-order valence-corrected chi connectivity index (χ3v) is 5.67. The van der Waals surface area contributed by atoms with Crippen molar-refractivity contribution < 1.29 is 9.90 Å². The van der Waals surface area contributed by atoms with Gasteiger partial charge in [0.15, 0.2) is 0 Å². The zero-order valence-electron chi connectivity index (χ0n) is 10.9. The Kier molecular flexibility index (Phi) is 3.74. The molecule has 0 aromatic carbocycles. The number of carbonyl (C=O) groups is 1. The second-order valence-corrected chi connectivity index (χ2v) is 7.00. The maximum absolute atomic E-state index is 11.9. The predicted octanol–water partition coefficient (Wildman–Crippen LogP) is 2.46. The molecular weight excluding hydrogens is 234 g/mol. The molecule has 2 heterocycles. The van der Waals surface area contributed by atoms with E-state index < -0.39 is 11.5 Å². The molecule has 0 spiro atoms. The molecule has 17 heavy (non-hydrogen) atoms. The van der Waals surface area contributed by atoms with Gasteiger partial charge in [-0.15, -0.1) is 0 Å². The summed E-state index contributed by atoms with van der Waals surface area (Å²) < 4.78 is 0. The normalized spacial score (nSPS) is 34.5. The second kappa shape index (κ2) is 4.81. The van der Waals surface area contributed by atoms with Gasteiger partial charge in [0.25, 0.3) is 0 Å². The van der Waals surface area contributed by atoms with E-state index in [1.165, 1.54) is 6.42 Å². The Bertz CT molecular complexity index is 300. The summed E-state index contributed by atoms with van der Waals surface area (Å²) in [4.78, 5) is 14.2. The van der Waals surface area contributed by atoms with E-state index in [9.17, 15) is 9.90 Å². The van der Waals surface area contributed by atoms with Gasteiger partial charge in [-0.25, -0.2) is 0 Å². The minimum atomic E-state index is -0.643. The van der Waals surface area contributed by atoms with E-state index in [2.05, 4.69) is 18.7 Å². The van der Waals surface area contributed by atoms with E-state index in [0.717, 1.165) is 43.9 Å². The lowest BCUT2D eigenvalue weighted by Crippen LogP contribution is -2.67. The van der Waals surface area contributed by atoms with Crippen LogP contribution in [-0.2, 0) is 4.79 Å². The lowest BCUT2D eigenvalue weighted by Gasteiger charge is -2.53. The number of likely N-dealkylation sites (tertiary alicyclic amines) is 1. The standard InChI is InChI=1S/C13H23NO2S/c1-12(2)6-9-17-10-13(12,11(15)16)14-7-4-3-5-8-14/h3-10H2,1-2H3,(H,15,16). The summed E-state index contributed by atoms with van der Waals surface area (Å²) in [6.07, 6.45) is 4.55. The van der Waals surface area contributed by atoms with Crippen LogP contribution >= 0.6 is 11.8 Å². The molecule has 2 fully saturated rings. The maximum atomic E-state index is 11.9. The molecule has 1 unspecified atom stereocenters. The molecule has 2 saturated heterocycles. The van der Waals surface area contributed by atoms with E-state index in [1.54, 1.807) is 11.8 Å². The Morgan fingerprint density at radius 2 is 1.88 bits per heavy atom. The number of rotatable bonds is 2. The molecule has 2 aliphatic rings. The molecule has 98 valence electrons. The molecular formula is C13H23NO2S. The van der Waals surface area contributed by atoms with E-state index in [-0.39, 0.29) is 5.41 Å². The lowest BCUT2D eigenvalue weighted by atomic mass is 9.69. The summed E-state index contributed by atoms with van der Waals surface area (Å²) in [5.74, 6) is 1.22. The molecule has 2 aliphatic heterocycles. The highest BCUT2D eigenvalue weighted by molar-refractivity contribution is 7.99. The Morgan fingerprint density at radius 3 is 2.41 bits per heavy atom. The third-order valence-electron chi connectivity index (χ3n) is 4.55. The molecule has 0 aromatic heterocycles. The summed E-state index contributed by atoms with van der Waals surface area (Å²) in [5, 5.41) is 9.82. The van der Waals surface area contributed by atoms with Crippen molar-refractivity contribution in [2.24, 2.45) is 5.41 Å². The van der Waals surface area contributed by atoms with Crippen LogP contribution in [0, 0.1) is 5.41 Å². The van der Waals surface area contributed by atoms with Crippen LogP contribution in [0.5, 0.6) is 0 Å². The van der Waals surface area contributed by atoms with Gasteiger partial charge in [-0.3, -0.25) is 9.69 Å². The predicted molar refractivity (Wildman–Crippen MR) is 71.5 cm³/mol. The van der Waals surface area contributed by atoms with Crippen LogP contribution in [0.25, 0.3) is 0 Å². The fourth-order valence-corrected chi connectivity index (χ4v) is 5.02. The fraction of sp³-hybridized carbons (Fsp3) is 0.923. The first-order chi connectivity index (χ1) is 8.01. The number of hydrogen-bond donors (Lipinski definition) is 1. The quantitative estimate of drug-likeness (QED) is 0.825. The number of aliphatic carboxylic acids is 1. The van der Waals surface area contributed by atoms with Crippen LogP contribution in [0.3, 0.4) is 0 Å². The topological polar surface area (TPSA) is 40.5 Å². The van der Waals surface area contributed by atoms with Gasteiger partial charge in [0.2, 0.25) is 0 Å². The fourth-order valence-electron chi connectivity index (χ4n) is 3.23. The molecule has 3 nitrogen and oxygen atoms in total. The van der Waals surface area contributed by atoms with Crippen LogP contribution in [-0.4, -0.2) is 46.1 Å². The Morgan fingerprint density at radius 1 is 1.24 bits per heavy atom. The van der Waals surface area contributed by atoms with E-state index >= 15 is 0 Å². The van der Waals surface area contributed by atoms with Crippen molar-refractivity contribution in [1.29, 1.82) is 0 Å². The number of hydrogen-bond acceptors (Lipinski definition) is 3. The molecule has 0 saturated carbocycles. The van der Waals surface area contributed by atoms with Crippen molar-refractivity contribution in [3.05, 3.63) is 0 Å². The molecule has 2 rings (SSSR count). The highest BCUT2D eigenvalue weighted by Gasteiger charge is 2.56. The molecule has 1 atom stereocenters. The smallest absolute Gasteiger partial charge is 0.325 e. The molecule has 4 heteroatoms. The Labute approximate surface area is 108 Å². The second-order valence-electron chi connectivity index (χ2n) is 5.90. The van der Waals surface area contributed by atoms with E-state index in [1.807, 2.05) is 0 Å². The number of carboxylic acids is 1. The highest BCUT2D eigenvalue weighted by Crippen LogP contribution is 2.47. The molecule has 1 N–H and O–H groups in total. The highest BCUT2D eigenvalue weighted by atomic mass is 32.2. The van der Waals surface area contributed by atoms with Crippen molar-refractivity contribution in [3.63, 3.8) is 0 Å². The van der Waals surface area contributed by atoms with Gasteiger partial charge in [-0.05, 0) is 43.5 Å². The van der Waals surface area contributed by atoms with Gasteiger partial charge >= 0.3 is 5.97 Å². The summed E-state index contributed by atoms with van der Waals surface area (Å²) in [7, 11) is 0. The van der Waals surface area contributed by atoms with Crippen LogP contribution < -0.4 is 0 Å². The van der Waals surface area contributed by atoms with Gasteiger partial charge in [0, 0.05) is 5.75 Å². The summed E-state index contributed by atoms with van der Waals surface area (Å²) in [6, 6.07) is 0. The summed E-state index contributed by atoms with van der Waals surface area (Å²) in [5.41, 5.74) is -0.766. The van der Waals surface area contributed by atoms with Crippen LogP contribution in [0.15, 0.2) is 0 Å². The minimum Gasteiger partial charge on any atom is -0.480 e. The average molecular weight is 257 g/mol. The minimum absolute atomic E-state index is 0.124. The SMILES string of the molecule is CC1(C)CCSCC1(C(=O)O)N1CCCCC1. The van der Waals surface area contributed by atoms with Gasteiger partial charge in [0.05, 0.1) is 0 Å². The van der Waals surface area contributed by atoms with Crippen LogP contribution in [0.1, 0.15) is 39.5 Å². The van der Waals surface area contributed by atoms with Crippen molar-refractivity contribution in [2.75, 3.05) is 24.6 Å². The van der Waals surface area contributed by atoms with Gasteiger partial charge in [-0.1, -0.05) is 20.3 Å². The zero-order valence-corrected chi connectivity index (χ0v) is 11.7. The van der Waals surface area contributed by atoms with Gasteiger partial charge in [-0.2, -0.15) is 11.8 Å². The number of nitrogens with zero attached hydrogens (tertiary/aromatic N) is 1. The van der Waals surface area contributed by atoms with Gasteiger partial charge < -0.3 is 5.11 Å². The molecule has 0 amide bonds. The van der Waals surface area contributed by atoms with Crippen molar-refractivity contribution in [2.45, 2.75) is 45.1 Å². The lowest BCUT2D eigenvalue weighted by molar-refractivity contribution is -0.160. The maximum Gasteiger partial charge on any atom is 0.325 e. The first-order valence-corrected chi connectivity index (χ1v) is 7.72. The number of thioether (sulfide) groups is 1. The van der Waals surface area contributed by atoms with Gasteiger partial charge in [0.1, 0.15) is 5.54 Å². The van der Waals surface area contributed by atoms with Crippen LogP contribution in [0.2, 0.25) is 0 Å². The molecule has 0 bridgehead atoms. The Hall–Kier alpha value is -0.220. The van der Waals surface area contributed by atoms with E-state index in [0.29, 0.717) is 0 Å². The number of piperidine rings is 1. The van der Waals surface area contributed by atoms with Crippen LogP contribution in [0.4, 0.5) is 0 Å². The van der Waals surface area contributed by atoms with Crippen molar-refractivity contribution >= 4 is 17.7 Å². The average Bonchev–Trinajstić information content (AvgIpc) is 2.29. The first kappa shape index (κ1) is 13.2. The molecule has 0 aromatic rings. The number of carboxylic acid groups (broad SMARTS) is 1. The molecule has 0 aliphatic carbocycles. The zero-order chi connectivity index (χ0) is 12.5. The van der Waals surface area contributed by atoms with Crippen molar-refractivity contribution in [3.8, 4) is 0 Å². The molecule has 0 radical (unpaired) electrons. The third kappa shape index (κ3) is 2.10. The largest absolute Gasteiger partial charge is 0.480 e.